The Morgan fingerprint density at radius 1 is 1.03 bits per heavy atom. The topological polar surface area (TPSA) is 59.9 Å². The molecular formula is C30H24BrClN2O3S. The summed E-state index contributed by atoms with van der Waals surface area (Å²) in [5.74, 6) is 1.01. The van der Waals surface area contributed by atoms with E-state index in [0.29, 0.717) is 45.5 Å². The number of benzene rings is 4. The minimum Gasteiger partial charge on any atom is -0.490 e. The van der Waals surface area contributed by atoms with Gasteiger partial charge >= 0.3 is 0 Å². The summed E-state index contributed by atoms with van der Waals surface area (Å²) in [5.41, 5.74) is 3.46. The quantitative estimate of drug-likeness (QED) is 0.214. The number of fused-ring (bicyclic) bond motifs is 1. The second-order valence-electron chi connectivity index (χ2n) is 8.55. The monoisotopic (exact) mass is 606 g/mol. The molecule has 192 valence electrons. The van der Waals surface area contributed by atoms with Crippen LogP contribution >= 0.6 is 39.3 Å². The SMILES string of the molecule is CCOc1cc(/C=C2/SC(=Nc3cccc(Cl)c3C)NC2=O)c(Br)cc1OCc1cccc2ccccc12. The van der Waals surface area contributed by atoms with Gasteiger partial charge in [0.25, 0.3) is 5.91 Å². The predicted octanol–water partition coefficient (Wildman–Crippen LogP) is 8.43. The lowest BCUT2D eigenvalue weighted by Crippen LogP contribution is -2.19. The van der Waals surface area contributed by atoms with Crippen LogP contribution < -0.4 is 14.8 Å². The molecule has 38 heavy (non-hydrogen) atoms. The summed E-state index contributed by atoms with van der Waals surface area (Å²) in [6.07, 6.45) is 1.81. The van der Waals surface area contributed by atoms with Gasteiger partial charge in [-0.05, 0) is 83.4 Å². The van der Waals surface area contributed by atoms with Crippen molar-refractivity contribution in [3.63, 3.8) is 0 Å². The minimum absolute atomic E-state index is 0.213. The molecule has 0 atom stereocenters. The Balaban J connectivity index is 1.40. The highest BCUT2D eigenvalue weighted by Gasteiger charge is 2.25. The van der Waals surface area contributed by atoms with Crippen LogP contribution in [0.5, 0.6) is 11.5 Å². The maximum Gasteiger partial charge on any atom is 0.264 e. The Morgan fingerprint density at radius 3 is 2.63 bits per heavy atom. The van der Waals surface area contributed by atoms with Crippen molar-refractivity contribution in [1.29, 1.82) is 0 Å². The van der Waals surface area contributed by atoms with E-state index in [9.17, 15) is 4.79 Å². The van der Waals surface area contributed by atoms with Crippen LogP contribution in [-0.2, 0) is 11.4 Å². The van der Waals surface area contributed by atoms with Crippen LogP contribution in [0.1, 0.15) is 23.6 Å². The number of amides is 1. The fourth-order valence-electron chi connectivity index (χ4n) is 4.06. The number of hydrogen-bond acceptors (Lipinski definition) is 5. The number of aliphatic imine (C=N–C) groups is 1. The highest BCUT2D eigenvalue weighted by molar-refractivity contribution is 9.10. The first-order valence-electron chi connectivity index (χ1n) is 12.0. The van der Waals surface area contributed by atoms with Crippen molar-refractivity contribution in [3.05, 3.63) is 104 Å². The summed E-state index contributed by atoms with van der Waals surface area (Å²) >= 11 is 11.1. The molecule has 0 unspecified atom stereocenters. The fraction of sp³-hybridized carbons (Fsp3) is 0.133. The zero-order valence-corrected chi connectivity index (χ0v) is 23.9. The van der Waals surface area contributed by atoms with Crippen LogP contribution in [0, 0.1) is 6.92 Å². The Morgan fingerprint density at radius 2 is 1.79 bits per heavy atom. The van der Waals surface area contributed by atoms with Gasteiger partial charge in [-0.1, -0.05) is 76.1 Å². The molecule has 0 aliphatic carbocycles. The van der Waals surface area contributed by atoms with Crippen molar-refractivity contribution in [2.24, 2.45) is 4.99 Å². The summed E-state index contributed by atoms with van der Waals surface area (Å²) in [4.78, 5) is 17.8. The van der Waals surface area contributed by atoms with E-state index in [0.717, 1.165) is 26.5 Å². The smallest absolute Gasteiger partial charge is 0.264 e. The molecule has 8 heteroatoms. The van der Waals surface area contributed by atoms with Crippen LogP contribution in [0.25, 0.3) is 16.8 Å². The predicted molar refractivity (Wildman–Crippen MR) is 161 cm³/mol. The normalized spacial score (nSPS) is 15.3. The Bertz CT molecular complexity index is 1600. The number of carbonyl (C=O) groups excluding carboxylic acids is 1. The molecule has 0 spiro atoms. The van der Waals surface area contributed by atoms with Gasteiger partial charge in [0.1, 0.15) is 6.61 Å². The lowest BCUT2D eigenvalue weighted by molar-refractivity contribution is -0.115. The number of hydrogen-bond donors (Lipinski definition) is 1. The lowest BCUT2D eigenvalue weighted by Gasteiger charge is -2.15. The third kappa shape index (κ3) is 5.75. The Labute approximate surface area is 239 Å². The van der Waals surface area contributed by atoms with Gasteiger partial charge in [-0.15, -0.1) is 0 Å². The van der Waals surface area contributed by atoms with E-state index in [4.69, 9.17) is 21.1 Å². The molecule has 1 fully saturated rings. The van der Waals surface area contributed by atoms with E-state index >= 15 is 0 Å². The van der Waals surface area contributed by atoms with Crippen molar-refractivity contribution in [3.8, 4) is 11.5 Å². The average molecular weight is 608 g/mol. The highest BCUT2D eigenvalue weighted by Crippen LogP contribution is 2.38. The molecule has 1 heterocycles. The van der Waals surface area contributed by atoms with E-state index in [-0.39, 0.29) is 5.91 Å². The molecule has 1 aliphatic heterocycles. The number of carbonyl (C=O) groups is 1. The standard InChI is InChI=1S/C30H24BrClN2O3S/c1-3-36-26-14-21(15-28-29(35)34-30(38-28)33-25-13-7-12-24(32)18(25)2)23(31)16-27(26)37-17-20-10-6-9-19-8-4-5-11-22(19)20/h4-16H,3,17H2,1-2H3,(H,33,34,35)/b28-15+. The van der Waals surface area contributed by atoms with Crippen LogP contribution in [-0.4, -0.2) is 17.7 Å². The molecule has 0 aromatic heterocycles. The third-order valence-corrected chi connectivity index (χ3v) is 8.03. The maximum absolute atomic E-state index is 12.7. The van der Waals surface area contributed by atoms with Gasteiger partial charge in [0.05, 0.1) is 17.2 Å². The van der Waals surface area contributed by atoms with Gasteiger partial charge in [0, 0.05) is 9.50 Å². The summed E-state index contributed by atoms with van der Waals surface area (Å²) in [6, 6.07) is 23.7. The van der Waals surface area contributed by atoms with Crippen LogP contribution in [0.3, 0.4) is 0 Å². The lowest BCUT2D eigenvalue weighted by atomic mass is 10.1. The van der Waals surface area contributed by atoms with Crippen LogP contribution in [0.2, 0.25) is 5.02 Å². The Hall–Kier alpha value is -3.26. The zero-order valence-electron chi connectivity index (χ0n) is 20.8. The van der Waals surface area contributed by atoms with Crippen molar-refractivity contribution < 1.29 is 14.3 Å². The molecule has 0 bridgehead atoms. The van der Waals surface area contributed by atoms with Gasteiger partial charge in [-0.3, -0.25) is 4.79 Å². The molecule has 5 nitrogen and oxygen atoms in total. The van der Waals surface area contributed by atoms with Gasteiger partial charge in [0.15, 0.2) is 16.7 Å². The first-order valence-corrected chi connectivity index (χ1v) is 14.0. The van der Waals surface area contributed by atoms with Crippen LogP contribution in [0.15, 0.2) is 87.2 Å². The first kappa shape index (κ1) is 26.4. The molecule has 0 saturated carbocycles. The van der Waals surface area contributed by atoms with Crippen molar-refractivity contribution >= 4 is 72.9 Å². The van der Waals surface area contributed by atoms with Gasteiger partial charge in [-0.2, -0.15) is 0 Å². The average Bonchev–Trinajstić information content (AvgIpc) is 3.26. The number of nitrogens with one attached hydrogen (secondary N) is 1. The number of nitrogens with zero attached hydrogens (tertiary/aromatic N) is 1. The second-order valence-corrected chi connectivity index (χ2v) is 10.8. The fourth-order valence-corrected chi connectivity index (χ4v) is 5.50. The van der Waals surface area contributed by atoms with E-state index in [1.54, 1.807) is 0 Å². The molecule has 1 N–H and O–H groups in total. The molecule has 1 amide bonds. The summed E-state index contributed by atoms with van der Waals surface area (Å²) in [6.45, 7) is 4.70. The molecule has 0 radical (unpaired) electrons. The molecule has 4 aromatic carbocycles. The number of ether oxygens (including phenoxy) is 2. The largest absolute Gasteiger partial charge is 0.490 e. The van der Waals surface area contributed by atoms with Gasteiger partial charge in [0.2, 0.25) is 0 Å². The van der Waals surface area contributed by atoms with Gasteiger partial charge < -0.3 is 14.8 Å². The van der Waals surface area contributed by atoms with E-state index in [1.165, 1.54) is 17.1 Å². The van der Waals surface area contributed by atoms with E-state index in [1.807, 2.05) is 68.5 Å². The molecule has 1 aliphatic rings. The highest BCUT2D eigenvalue weighted by atomic mass is 79.9. The zero-order chi connectivity index (χ0) is 26.6. The van der Waals surface area contributed by atoms with Crippen molar-refractivity contribution in [2.45, 2.75) is 20.5 Å². The summed E-state index contributed by atoms with van der Waals surface area (Å²) in [5, 5.41) is 6.29. The van der Waals surface area contributed by atoms with Crippen molar-refractivity contribution in [1.82, 2.24) is 5.32 Å². The van der Waals surface area contributed by atoms with Crippen LogP contribution in [0.4, 0.5) is 5.69 Å². The summed E-state index contributed by atoms with van der Waals surface area (Å²) in [7, 11) is 0. The Kier molecular flexibility index (Phi) is 8.07. The molecular weight excluding hydrogens is 584 g/mol. The van der Waals surface area contributed by atoms with Gasteiger partial charge in [-0.25, -0.2) is 4.99 Å². The number of thioether (sulfide) groups is 1. The minimum atomic E-state index is -0.213. The number of halogens is 2. The summed E-state index contributed by atoms with van der Waals surface area (Å²) < 4.78 is 12.9. The number of amidine groups is 1. The second kappa shape index (κ2) is 11.6. The molecule has 1 saturated heterocycles. The first-order chi connectivity index (χ1) is 18.4. The van der Waals surface area contributed by atoms with E-state index < -0.39 is 0 Å². The molecule has 5 rings (SSSR count). The molecule has 4 aromatic rings. The maximum atomic E-state index is 12.7. The number of rotatable bonds is 7. The van der Waals surface area contributed by atoms with Crippen molar-refractivity contribution in [2.75, 3.05) is 6.61 Å². The van der Waals surface area contributed by atoms with E-state index in [2.05, 4.69) is 50.5 Å². The third-order valence-electron chi connectivity index (χ3n) is 6.02.